The van der Waals surface area contributed by atoms with Gasteiger partial charge in [-0.15, -0.1) is 11.3 Å². The minimum atomic E-state index is 0.176. The number of piperidine rings is 1. The molecule has 1 N–H and O–H groups in total. The number of nitrogens with one attached hydrogen (secondary N) is 1. The van der Waals surface area contributed by atoms with Gasteiger partial charge in [-0.3, -0.25) is 4.79 Å². The van der Waals surface area contributed by atoms with Gasteiger partial charge in [0.25, 0.3) is 0 Å². The van der Waals surface area contributed by atoms with E-state index in [-0.39, 0.29) is 11.8 Å². The predicted octanol–water partition coefficient (Wildman–Crippen LogP) is 1.41. The van der Waals surface area contributed by atoms with Gasteiger partial charge in [-0.25, -0.2) is 4.98 Å². The lowest BCUT2D eigenvalue weighted by molar-refractivity contribution is -0.125. The van der Waals surface area contributed by atoms with Gasteiger partial charge in [-0.1, -0.05) is 0 Å². The summed E-state index contributed by atoms with van der Waals surface area (Å²) in [6, 6.07) is 0. The van der Waals surface area contributed by atoms with Gasteiger partial charge >= 0.3 is 0 Å². The van der Waals surface area contributed by atoms with Crippen LogP contribution in [0, 0.1) is 12.8 Å². The molecule has 0 unspecified atom stereocenters. The van der Waals surface area contributed by atoms with Gasteiger partial charge in [-0.05, 0) is 19.8 Å². The molecular weight excluding hydrogens is 222 g/mol. The van der Waals surface area contributed by atoms with Crippen LogP contribution in [0.25, 0.3) is 0 Å². The van der Waals surface area contributed by atoms with E-state index in [9.17, 15) is 4.79 Å². The van der Waals surface area contributed by atoms with Crippen molar-refractivity contribution in [3.8, 4) is 0 Å². The summed E-state index contributed by atoms with van der Waals surface area (Å²) < 4.78 is 0. The summed E-state index contributed by atoms with van der Waals surface area (Å²) in [5.41, 5.74) is 0. The summed E-state index contributed by atoms with van der Waals surface area (Å²) in [5, 5.41) is 3.81. The molecule has 1 amide bonds. The van der Waals surface area contributed by atoms with Gasteiger partial charge in [0.2, 0.25) is 5.91 Å². The number of thiazole rings is 1. The highest BCUT2D eigenvalue weighted by molar-refractivity contribution is 7.15. The van der Waals surface area contributed by atoms with E-state index in [0.29, 0.717) is 0 Å². The van der Waals surface area contributed by atoms with Crippen molar-refractivity contribution >= 4 is 22.4 Å². The van der Waals surface area contributed by atoms with Crippen LogP contribution in [0.15, 0.2) is 6.20 Å². The number of nitrogens with zero attached hydrogens (tertiary/aromatic N) is 2. The minimum Gasteiger partial charge on any atom is -0.359 e. The van der Waals surface area contributed by atoms with Gasteiger partial charge in [0.05, 0.1) is 0 Å². The van der Waals surface area contributed by atoms with Crippen LogP contribution in [0.4, 0.5) is 5.13 Å². The number of amides is 1. The molecule has 1 fully saturated rings. The number of rotatable bonds is 2. The van der Waals surface area contributed by atoms with E-state index in [4.69, 9.17) is 0 Å². The molecule has 2 heterocycles. The Morgan fingerprint density at radius 2 is 2.25 bits per heavy atom. The maximum absolute atomic E-state index is 11.5. The standard InChI is InChI=1S/C11H17N3OS/c1-8-7-13-11(16-8)14-5-3-9(4-6-14)10(15)12-2/h7,9H,3-6H2,1-2H3,(H,12,15). The second-order valence-corrected chi connectivity index (χ2v) is 5.34. The summed E-state index contributed by atoms with van der Waals surface area (Å²) >= 11 is 1.72. The lowest BCUT2D eigenvalue weighted by atomic mass is 9.96. The molecule has 16 heavy (non-hydrogen) atoms. The summed E-state index contributed by atoms with van der Waals surface area (Å²) in [6.45, 7) is 3.94. The van der Waals surface area contributed by atoms with Crippen molar-refractivity contribution in [1.82, 2.24) is 10.3 Å². The summed E-state index contributed by atoms with van der Waals surface area (Å²) in [5.74, 6) is 0.359. The molecule has 0 spiro atoms. The third-order valence-corrected chi connectivity index (χ3v) is 3.97. The largest absolute Gasteiger partial charge is 0.359 e. The van der Waals surface area contributed by atoms with E-state index in [0.717, 1.165) is 31.1 Å². The Balaban J connectivity index is 1.92. The van der Waals surface area contributed by atoms with Crippen LogP contribution in [0.3, 0.4) is 0 Å². The number of hydrogen-bond acceptors (Lipinski definition) is 4. The summed E-state index contributed by atoms with van der Waals surface area (Å²) in [6.07, 6.45) is 3.77. The Hall–Kier alpha value is -1.10. The van der Waals surface area contributed by atoms with E-state index in [2.05, 4.69) is 22.1 Å². The molecule has 0 saturated carbocycles. The molecular formula is C11H17N3OS. The van der Waals surface area contributed by atoms with E-state index >= 15 is 0 Å². The lowest BCUT2D eigenvalue weighted by Gasteiger charge is -2.30. The number of hydrogen-bond donors (Lipinski definition) is 1. The van der Waals surface area contributed by atoms with E-state index in [1.165, 1.54) is 4.88 Å². The highest BCUT2D eigenvalue weighted by atomic mass is 32.1. The normalized spacial score (nSPS) is 17.5. The van der Waals surface area contributed by atoms with Gasteiger partial charge < -0.3 is 10.2 Å². The van der Waals surface area contributed by atoms with Crippen molar-refractivity contribution in [3.63, 3.8) is 0 Å². The Morgan fingerprint density at radius 1 is 1.56 bits per heavy atom. The zero-order valence-electron chi connectivity index (χ0n) is 9.69. The molecule has 0 aromatic carbocycles. The maximum atomic E-state index is 11.5. The van der Waals surface area contributed by atoms with Gasteiger partial charge in [0, 0.05) is 37.1 Å². The average Bonchev–Trinajstić information content (AvgIpc) is 2.75. The van der Waals surface area contributed by atoms with E-state index in [1.807, 2.05) is 6.20 Å². The van der Waals surface area contributed by atoms with Crippen LogP contribution in [0.5, 0.6) is 0 Å². The summed E-state index contributed by atoms with van der Waals surface area (Å²) in [7, 11) is 1.71. The van der Waals surface area contributed by atoms with Crippen LogP contribution in [0.2, 0.25) is 0 Å². The molecule has 1 aromatic rings. The van der Waals surface area contributed by atoms with Gasteiger partial charge in [0.15, 0.2) is 5.13 Å². The molecule has 88 valence electrons. The second-order valence-electron chi connectivity index (χ2n) is 4.13. The average molecular weight is 239 g/mol. The monoisotopic (exact) mass is 239 g/mol. The Morgan fingerprint density at radius 3 is 2.75 bits per heavy atom. The molecule has 1 aromatic heterocycles. The Kier molecular flexibility index (Phi) is 3.43. The molecule has 1 aliphatic heterocycles. The Labute approximate surface area is 99.7 Å². The lowest BCUT2D eigenvalue weighted by Crippen LogP contribution is -2.39. The number of carbonyl (C=O) groups excluding carboxylic acids is 1. The number of aromatic nitrogens is 1. The molecule has 1 saturated heterocycles. The molecule has 0 bridgehead atoms. The van der Waals surface area contributed by atoms with E-state index < -0.39 is 0 Å². The molecule has 5 heteroatoms. The first-order valence-corrected chi connectivity index (χ1v) is 6.41. The zero-order chi connectivity index (χ0) is 11.5. The predicted molar refractivity (Wildman–Crippen MR) is 65.9 cm³/mol. The van der Waals surface area contributed by atoms with Crippen LogP contribution >= 0.6 is 11.3 Å². The Bertz CT molecular complexity index is 369. The van der Waals surface area contributed by atoms with Crippen molar-refractivity contribution in [2.75, 3.05) is 25.0 Å². The maximum Gasteiger partial charge on any atom is 0.222 e. The van der Waals surface area contributed by atoms with Gasteiger partial charge in [-0.2, -0.15) is 0 Å². The highest BCUT2D eigenvalue weighted by Crippen LogP contribution is 2.26. The second kappa shape index (κ2) is 4.82. The van der Waals surface area contributed by atoms with Crippen LogP contribution in [0.1, 0.15) is 17.7 Å². The SMILES string of the molecule is CNC(=O)C1CCN(c2ncc(C)s2)CC1. The van der Waals surface area contributed by atoms with E-state index in [1.54, 1.807) is 18.4 Å². The molecule has 2 rings (SSSR count). The van der Waals surface area contributed by atoms with Crippen molar-refractivity contribution in [2.45, 2.75) is 19.8 Å². The number of carbonyl (C=O) groups is 1. The van der Waals surface area contributed by atoms with Crippen LogP contribution in [-0.4, -0.2) is 31.0 Å². The van der Waals surface area contributed by atoms with Crippen molar-refractivity contribution in [1.29, 1.82) is 0 Å². The fraction of sp³-hybridized carbons (Fsp3) is 0.636. The molecule has 0 radical (unpaired) electrons. The topological polar surface area (TPSA) is 45.2 Å². The molecule has 1 aliphatic rings. The first-order chi connectivity index (χ1) is 7.70. The fourth-order valence-corrected chi connectivity index (χ4v) is 2.84. The highest BCUT2D eigenvalue weighted by Gasteiger charge is 2.25. The first-order valence-electron chi connectivity index (χ1n) is 5.59. The smallest absolute Gasteiger partial charge is 0.222 e. The molecule has 4 nitrogen and oxygen atoms in total. The molecule has 0 atom stereocenters. The quantitative estimate of drug-likeness (QED) is 0.849. The van der Waals surface area contributed by atoms with Crippen molar-refractivity contribution < 1.29 is 4.79 Å². The number of aryl methyl sites for hydroxylation is 1. The van der Waals surface area contributed by atoms with Crippen LogP contribution < -0.4 is 10.2 Å². The summed E-state index contributed by atoms with van der Waals surface area (Å²) in [4.78, 5) is 19.4. The van der Waals surface area contributed by atoms with Crippen molar-refractivity contribution in [2.24, 2.45) is 5.92 Å². The third kappa shape index (κ3) is 2.35. The first kappa shape index (κ1) is 11.4. The van der Waals surface area contributed by atoms with Gasteiger partial charge in [0.1, 0.15) is 0 Å². The van der Waals surface area contributed by atoms with Crippen LogP contribution in [-0.2, 0) is 4.79 Å². The fourth-order valence-electron chi connectivity index (χ4n) is 2.03. The minimum absolute atomic E-state index is 0.176. The molecule has 0 aliphatic carbocycles. The number of anilines is 1. The third-order valence-electron chi connectivity index (χ3n) is 2.99. The van der Waals surface area contributed by atoms with Crippen molar-refractivity contribution in [3.05, 3.63) is 11.1 Å². The zero-order valence-corrected chi connectivity index (χ0v) is 10.5.